The van der Waals surface area contributed by atoms with Crippen LogP contribution in [0.5, 0.6) is 0 Å². The monoisotopic (exact) mass is 456 g/mol. The molecule has 0 aliphatic carbocycles. The first kappa shape index (κ1) is 21.3. The number of carbonyl (C=O) groups excluding carboxylic acids is 1. The molecule has 3 heterocycles. The van der Waals surface area contributed by atoms with Gasteiger partial charge in [-0.2, -0.15) is 0 Å². The first-order chi connectivity index (χ1) is 15.1. The lowest BCUT2D eigenvalue weighted by Gasteiger charge is -2.12. The predicted molar refractivity (Wildman–Crippen MR) is 119 cm³/mol. The van der Waals surface area contributed by atoms with Crippen LogP contribution in [0.4, 0.5) is 5.69 Å². The normalized spacial score (nSPS) is 11.7. The Balaban J connectivity index is 1.67. The van der Waals surface area contributed by atoms with Gasteiger partial charge in [0.05, 0.1) is 5.39 Å². The third-order valence-corrected chi connectivity index (χ3v) is 6.42. The van der Waals surface area contributed by atoms with E-state index in [0.717, 1.165) is 21.7 Å². The van der Waals surface area contributed by atoms with Gasteiger partial charge in [0, 0.05) is 50.1 Å². The molecule has 0 spiro atoms. The van der Waals surface area contributed by atoms with Crippen LogP contribution in [0.25, 0.3) is 21.9 Å². The summed E-state index contributed by atoms with van der Waals surface area (Å²) in [6.45, 7) is 0.168. The molecule has 1 amide bonds. The largest absolute Gasteiger partial charge is 0.347 e. The van der Waals surface area contributed by atoms with Crippen molar-refractivity contribution in [3.8, 4) is 0 Å². The Kier molecular flexibility index (Phi) is 5.09. The SMILES string of the molecule is CN(C)C(=O)Cn1ccc2cc(NS(=O)(=O)c3cnc4c(c3)c(=O)[nH]c(=O)n4C)ccc21. The Morgan fingerprint density at radius 2 is 1.94 bits per heavy atom. The third kappa shape index (κ3) is 3.75. The van der Waals surface area contributed by atoms with Crippen molar-refractivity contribution in [3.63, 3.8) is 0 Å². The second-order valence-electron chi connectivity index (χ2n) is 7.47. The van der Waals surface area contributed by atoms with Crippen molar-refractivity contribution in [1.82, 2.24) is 24.0 Å². The third-order valence-electron chi connectivity index (χ3n) is 5.07. The van der Waals surface area contributed by atoms with Crippen molar-refractivity contribution < 1.29 is 13.2 Å². The topological polar surface area (TPSA) is 139 Å². The number of nitrogens with zero attached hydrogens (tertiary/aromatic N) is 4. The van der Waals surface area contributed by atoms with Crippen LogP contribution < -0.4 is 16.0 Å². The highest BCUT2D eigenvalue weighted by Gasteiger charge is 2.18. The van der Waals surface area contributed by atoms with Gasteiger partial charge in [-0.05, 0) is 30.3 Å². The van der Waals surface area contributed by atoms with E-state index in [-0.39, 0.29) is 28.4 Å². The number of pyridine rings is 1. The molecule has 0 fully saturated rings. The van der Waals surface area contributed by atoms with E-state index in [1.807, 2.05) is 0 Å². The number of hydrogen-bond donors (Lipinski definition) is 2. The molecule has 0 aliphatic rings. The van der Waals surface area contributed by atoms with Gasteiger partial charge in [0.15, 0.2) is 0 Å². The molecular weight excluding hydrogens is 436 g/mol. The fourth-order valence-electron chi connectivity index (χ4n) is 3.27. The molecule has 0 bridgehead atoms. The van der Waals surface area contributed by atoms with Gasteiger partial charge < -0.3 is 9.47 Å². The number of nitrogens with one attached hydrogen (secondary N) is 2. The highest BCUT2D eigenvalue weighted by molar-refractivity contribution is 7.92. The molecule has 32 heavy (non-hydrogen) atoms. The molecule has 166 valence electrons. The maximum Gasteiger partial charge on any atom is 0.329 e. The van der Waals surface area contributed by atoms with Crippen LogP contribution in [0, 0.1) is 0 Å². The van der Waals surface area contributed by atoms with Crippen LogP contribution in [-0.2, 0) is 28.4 Å². The minimum Gasteiger partial charge on any atom is -0.347 e. The van der Waals surface area contributed by atoms with E-state index < -0.39 is 21.3 Å². The number of likely N-dealkylation sites (N-methyl/N-ethyl adjacent to an activating group) is 1. The van der Waals surface area contributed by atoms with Gasteiger partial charge in [-0.15, -0.1) is 0 Å². The Hall–Kier alpha value is -3.93. The summed E-state index contributed by atoms with van der Waals surface area (Å²) in [5, 5.41) is 0.730. The predicted octanol–water partition coefficient (Wildman–Crippen LogP) is 0.465. The first-order valence-electron chi connectivity index (χ1n) is 9.48. The molecule has 1 aromatic carbocycles. The maximum atomic E-state index is 12.9. The molecule has 4 rings (SSSR count). The smallest absolute Gasteiger partial charge is 0.329 e. The van der Waals surface area contributed by atoms with E-state index in [9.17, 15) is 22.8 Å². The van der Waals surface area contributed by atoms with Crippen molar-refractivity contribution in [2.75, 3.05) is 18.8 Å². The lowest BCUT2D eigenvalue weighted by atomic mass is 10.2. The molecule has 0 saturated carbocycles. The molecule has 4 aromatic rings. The number of aryl methyl sites for hydroxylation is 1. The number of benzene rings is 1. The van der Waals surface area contributed by atoms with Gasteiger partial charge in [-0.1, -0.05) is 0 Å². The average molecular weight is 456 g/mol. The van der Waals surface area contributed by atoms with Crippen molar-refractivity contribution in [3.05, 3.63) is 63.6 Å². The van der Waals surface area contributed by atoms with Crippen molar-refractivity contribution in [2.24, 2.45) is 7.05 Å². The average Bonchev–Trinajstić information content (AvgIpc) is 3.13. The van der Waals surface area contributed by atoms with Crippen LogP contribution >= 0.6 is 0 Å². The minimum absolute atomic E-state index is 0.0203. The zero-order valence-electron chi connectivity index (χ0n) is 17.5. The quantitative estimate of drug-likeness (QED) is 0.447. The first-order valence-corrected chi connectivity index (χ1v) is 11.0. The van der Waals surface area contributed by atoms with Crippen LogP contribution in [0.1, 0.15) is 0 Å². The van der Waals surface area contributed by atoms with E-state index in [4.69, 9.17) is 0 Å². The molecule has 0 saturated heterocycles. The number of fused-ring (bicyclic) bond motifs is 2. The second-order valence-corrected chi connectivity index (χ2v) is 9.15. The summed E-state index contributed by atoms with van der Waals surface area (Å²) in [6, 6.07) is 7.91. The number of hydrogen-bond acceptors (Lipinski definition) is 6. The van der Waals surface area contributed by atoms with Gasteiger partial charge in [0.2, 0.25) is 5.91 Å². The second kappa shape index (κ2) is 7.64. The highest BCUT2D eigenvalue weighted by Crippen LogP contribution is 2.23. The van der Waals surface area contributed by atoms with Gasteiger partial charge in [-0.25, -0.2) is 18.2 Å². The van der Waals surface area contributed by atoms with Crippen LogP contribution in [0.2, 0.25) is 0 Å². The summed E-state index contributed by atoms with van der Waals surface area (Å²) in [5.41, 5.74) is -0.196. The summed E-state index contributed by atoms with van der Waals surface area (Å²) in [4.78, 5) is 43.2. The number of amides is 1. The van der Waals surface area contributed by atoms with Crippen LogP contribution in [-0.4, -0.2) is 52.4 Å². The Bertz CT molecular complexity index is 1600. The lowest BCUT2D eigenvalue weighted by molar-refractivity contribution is -0.129. The molecular formula is C20H20N6O5S. The zero-order chi connectivity index (χ0) is 23.2. The molecule has 3 aromatic heterocycles. The fraction of sp³-hybridized carbons (Fsp3) is 0.200. The molecule has 2 N–H and O–H groups in total. The Morgan fingerprint density at radius 3 is 2.66 bits per heavy atom. The van der Waals surface area contributed by atoms with E-state index in [2.05, 4.69) is 14.7 Å². The van der Waals surface area contributed by atoms with Gasteiger partial charge in [0.25, 0.3) is 15.6 Å². The van der Waals surface area contributed by atoms with Crippen LogP contribution in [0.3, 0.4) is 0 Å². The summed E-state index contributed by atoms with van der Waals surface area (Å²) in [5.74, 6) is -0.0661. The number of aromatic amines is 1. The standard InChI is InChI=1S/C20H20N6O5S/c1-24(2)17(27)11-26-7-6-12-8-13(4-5-16(12)26)23-32(30,31)14-9-15-18(21-10-14)25(3)20(29)22-19(15)28/h4-10,23H,11H2,1-3H3,(H,22,28,29). The molecule has 0 radical (unpaired) electrons. The van der Waals surface area contributed by atoms with Crippen LogP contribution in [0.15, 0.2) is 57.2 Å². The Morgan fingerprint density at radius 1 is 1.19 bits per heavy atom. The maximum absolute atomic E-state index is 12.9. The summed E-state index contributed by atoms with van der Waals surface area (Å²) in [6.07, 6.45) is 2.85. The highest BCUT2D eigenvalue weighted by atomic mass is 32.2. The van der Waals surface area contributed by atoms with Crippen molar-refractivity contribution in [1.29, 1.82) is 0 Å². The molecule has 11 nitrogen and oxygen atoms in total. The molecule has 0 unspecified atom stereocenters. The van der Waals surface area contributed by atoms with Gasteiger partial charge in [-0.3, -0.25) is 23.9 Å². The van der Waals surface area contributed by atoms with E-state index in [1.165, 1.54) is 18.0 Å². The van der Waals surface area contributed by atoms with E-state index in [0.29, 0.717) is 5.69 Å². The number of H-pyrrole nitrogens is 1. The summed E-state index contributed by atoms with van der Waals surface area (Å²) < 4.78 is 31.1. The van der Waals surface area contributed by atoms with Crippen molar-refractivity contribution >= 4 is 43.6 Å². The van der Waals surface area contributed by atoms with E-state index in [1.54, 1.807) is 49.1 Å². The number of rotatable bonds is 5. The number of carbonyl (C=O) groups is 1. The molecule has 0 aliphatic heterocycles. The summed E-state index contributed by atoms with van der Waals surface area (Å²) >= 11 is 0. The summed E-state index contributed by atoms with van der Waals surface area (Å²) in [7, 11) is 0.720. The molecule has 0 atom stereocenters. The van der Waals surface area contributed by atoms with Gasteiger partial charge in [0.1, 0.15) is 17.1 Å². The number of anilines is 1. The fourth-order valence-corrected chi connectivity index (χ4v) is 4.29. The van der Waals surface area contributed by atoms with E-state index >= 15 is 0 Å². The molecule has 12 heteroatoms. The van der Waals surface area contributed by atoms with Crippen molar-refractivity contribution in [2.45, 2.75) is 11.4 Å². The number of aromatic nitrogens is 4. The van der Waals surface area contributed by atoms with Gasteiger partial charge >= 0.3 is 5.69 Å². The zero-order valence-corrected chi connectivity index (χ0v) is 18.3. The Labute approximate surface area is 182 Å². The number of sulfonamides is 1. The minimum atomic E-state index is -4.06. The lowest BCUT2D eigenvalue weighted by Crippen LogP contribution is -2.29.